The van der Waals surface area contributed by atoms with Gasteiger partial charge in [0.1, 0.15) is 5.57 Å². The minimum absolute atomic E-state index is 0.377. The van der Waals surface area contributed by atoms with Gasteiger partial charge in [0.15, 0.2) is 0 Å². The monoisotopic (exact) mass is 250 g/mol. The van der Waals surface area contributed by atoms with E-state index < -0.39 is 0 Å². The Kier molecular flexibility index (Phi) is 6.16. The first-order valence-corrected chi connectivity index (χ1v) is 5.98. The first-order valence-electron chi connectivity index (χ1n) is 5.44. The molecule has 1 aromatic carbocycles. The summed E-state index contributed by atoms with van der Waals surface area (Å²) in [7, 11) is 1.37. The van der Waals surface area contributed by atoms with Crippen molar-refractivity contribution in [1.29, 1.82) is 0 Å². The Bertz CT molecular complexity index is 417. The quantitative estimate of drug-likeness (QED) is 0.263. The van der Waals surface area contributed by atoms with Gasteiger partial charge in [-0.25, -0.2) is 4.79 Å². The molecule has 0 aliphatic rings. The van der Waals surface area contributed by atoms with Gasteiger partial charge in [-0.05, 0) is 24.5 Å². The summed E-state index contributed by atoms with van der Waals surface area (Å²) >= 11 is 5.58. The molecule has 0 saturated heterocycles. The van der Waals surface area contributed by atoms with E-state index in [-0.39, 0.29) is 5.97 Å². The molecule has 0 fully saturated rings. The van der Waals surface area contributed by atoms with E-state index in [4.69, 9.17) is 16.3 Å². The first kappa shape index (κ1) is 13.6. The number of ether oxygens (including phenoxy) is 1. The maximum absolute atomic E-state index is 11.6. The molecule has 0 unspecified atom stereocenters. The van der Waals surface area contributed by atoms with Crippen LogP contribution in [-0.2, 0) is 9.53 Å². The molecular weight excluding hydrogens is 236 g/mol. The molecule has 0 spiro atoms. The van der Waals surface area contributed by atoms with Crippen LogP contribution in [0.1, 0.15) is 18.4 Å². The van der Waals surface area contributed by atoms with Crippen molar-refractivity contribution in [3.63, 3.8) is 0 Å². The van der Waals surface area contributed by atoms with Gasteiger partial charge in [0.2, 0.25) is 0 Å². The number of methoxy groups -OCH3 is 1. The van der Waals surface area contributed by atoms with Gasteiger partial charge in [0, 0.05) is 5.88 Å². The molecule has 1 rings (SSSR count). The van der Waals surface area contributed by atoms with Gasteiger partial charge in [-0.2, -0.15) is 0 Å². The zero-order chi connectivity index (χ0) is 12.5. The molecule has 2 nitrogen and oxygen atoms in total. The third-order valence-corrected chi connectivity index (χ3v) is 2.45. The number of unbranched alkanes of at least 4 members (excludes halogenated alkanes) is 1. The molecule has 0 N–H and O–H groups in total. The highest BCUT2D eigenvalue weighted by Crippen LogP contribution is 2.14. The molecule has 0 heterocycles. The van der Waals surface area contributed by atoms with Gasteiger partial charge in [-0.1, -0.05) is 30.3 Å². The minimum Gasteiger partial charge on any atom is -0.465 e. The van der Waals surface area contributed by atoms with E-state index in [0.29, 0.717) is 11.5 Å². The molecule has 0 atom stereocenters. The van der Waals surface area contributed by atoms with Gasteiger partial charge >= 0.3 is 5.97 Å². The number of carbonyl (C=O) groups is 1. The average molecular weight is 251 g/mol. The molecule has 3 heteroatoms. The molecule has 1 aromatic rings. The van der Waals surface area contributed by atoms with Crippen molar-refractivity contribution >= 4 is 23.1 Å². The van der Waals surface area contributed by atoms with Crippen LogP contribution in [0, 0.1) is 0 Å². The van der Waals surface area contributed by atoms with Crippen LogP contribution in [0.4, 0.5) is 0 Å². The van der Waals surface area contributed by atoms with Crippen LogP contribution < -0.4 is 0 Å². The predicted octanol–water partition coefficient (Wildman–Crippen LogP) is 3.42. The number of carbonyl (C=O) groups excluding carboxylic acids is 1. The van der Waals surface area contributed by atoms with E-state index in [1.54, 1.807) is 0 Å². The highest BCUT2D eigenvalue weighted by molar-refractivity contribution is 6.17. The van der Waals surface area contributed by atoms with Crippen molar-refractivity contribution < 1.29 is 9.53 Å². The van der Waals surface area contributed by atoms with Crippen LogP contribution >= 0.6 is 11.6 Å². The molecule has 0 aliphatic carbocycles. The summed E-state index contributed by atoms with van der Waals surface area (Å²) in [6, 6.07) is 9.36. The highest BCUT2D eigenvalue weighted by atomic mass is 35.5. The molecule has 17 heavy (non-hydrogen) atoms. The number of hydrogen-bond acceptors (Lipinski definition) is 2. The summed E-state index contributed by atoms with van der Waals surface area (Å²) in [6.45, 7) is 0. The number of alkyl halides is 1. The molecular formula is C14H15ClO2. The van der Waals surface area contributed by atoms with Crippen molar-refractivity contribution in [1.82, 2.24) is 0 Å². The maximum atomic E-state index is 11.6. The zero-order valence-electron chi connectivity index (χ0n) is 9.78. The summed E-state index contributed by atoms with van der Waals surface area (Å²) in [6.07, 6.45) is 3.50. The number of hydrogen-bond donors (Lipinski definition) is 0. The molecule has 90 valence electrons. The summed E-state index contributed by atoms with van der Waals surface area (Å²) in [5, 5.41) is 0. The van der Waals surface area contributed by atoms with Crippen LogP contribution in [0.3, 0.4) is 0 Å². The minimum atomic E-state index is -0.377. The van der Waals surface area contributed by atoms with Gasteiger partial charge in [0.05, 0.1) is 7.11 Å². The third kappa shape index (κ3) is 4.48. The lowest BCUT2D eigenvalue weighted by Crippen LogP contribution is -2.02. The predicted molar refractivity (Wildman–Crippen MR) is 69.9 cm³/mol. The number of benzene rings is 1. The van der Waals surface area contributed by atoms with E-state index in [0.717, 1.165) is 18.4 Å². The van der Waals surface area contributed by atoms with Gasteiger partial charge in [0.25, 0.3) is 0 Å². The van der Waals surface area contributed by atoms with E-state index in [9.17, 15) is 4.79 Å². The summed E-state index contributed by atoms with van der Waals surface area (Å²) in [5.74, 6) is 0.232. The van der Waals surface area contributed by atoms with Crippen molar-refractivity contribution in [3.8, 4) is 0 Å². The molecule has 0 amide bonds. The molecule has 0 saturated carbocycles. The Labute approximate surface area is 107 Å². The Morgan fingerprint density at radius 2 is 2.12 bits per heavy atom. The first-order chi connectivity index (χ1) is 8.29. The maximum Gasteiger partial charge on any atom is 0.346 e. The van der Waals surface area contributed by atoms with Gasteiger partial charge in [-0.3, -0.25) is 0 Å². The SMILES string of the molecule is COC(=O)C(=C=CCCCCl)c1ccccc1. The Hall–Kier alpha value is -1.50. The fourth-order valence-electron chi connectivity index (χ4n) is 1.32. The summed E-state index contributed by atoms with van der Waals surface area (Å²) in [5.41, 5.74) is 4.23. The van der Waals surface area contributed by atoms with Crippen molar-refractivity contribution in [3.05, 3.63) is 47.7 Å². The lowest BCUT2D eigenvalue weighted by molar-refractivity contribution is -0.133. The van der Waals surface area contributed by atoms with E-state index >= 15 is 0 Å². The van der Waals surface area contributed by atoms with Crippen LogP contribution in [0.25, 0.3) is 5.57 Å². The molecule has 0 aliphatic heterocycles. The topological polar surface area (TPSA) is 26.3 Å². The Morgan fingerprint density at radius 1 is 1.41 bits per heavy atom. The summed E-state index contributed by atoms with van der Waals surface area (Å²) in [4.78, 5) is 11.6. The lowest BCUT2D eigenvalue weighted by Gasteiger charge is -2.02. The number of rotatable bonds is 5. The second kappa shape index (κ2) is 7.72. The van der Waals surface area contributed by atoms with E-state index in [2.05, 4.69) is 5.73 Å². The fraction of sp³-hybridized carbons (Fsp3) is 0.286. The molecule has 0 aromatic heterocycles. The van der Waals surface area contributed by atoms with Crippen LogP contribution in [-0.4, -0.2) is 19.0 Å². The third-order valence-electron chi connectivity index (χ3n) is 2.18. The average Bonchev–Trinajstić information content (AvgIpc) is 2.39. The normalized spacial score (nSPS) is 9.29. The lowest BCUT2D eigenvalue weighted by atomic mass is 10.1. The molecule has 0 radical (unpaired) electrons. The Morgan fingerprint density at radius 3 is 2.71 bits per heavy atom. The second-order valence-electron chi connectivity index (χ2n) is 3.41. The van der Waals surface area contributed by atoms with E-state index in [1.165, 1.54) is 7.11 Å². The van der Waals surface area contributed by atoms with Crippen LogP contribution in [0.5, 0.6) is 0 Å². The van der Waals surface area contributed by atoms with Crippen LogP contribution in [0.15, 0.2) is 42.1 Å². The van der Waals surface area contributed by atoms with Gasteiger partial charge < -0.3 is 4.74 Å². The van der Waals surface area contributed by atoms with Crippen molar-refractivity contribution in [2.24, 2.45) is 0 Å². The summed E-state index contributed by atoms with van der Waals surface area (Å²) < 4.78 is 4.74. The molecule has 0 bridgehead atoms. The number of esters is 1. The largest absolute Gasteiger partial charge is 0.465 e. The van der Waals surface area contributed by atoms with E-state index in [1.807, 2.05) is 36.4 Å². The van der Waals surface area contributed by atoms with Gasteiger partial charge in [-0.15, -0.1) is 17.3 Å². The number of halogens is 1. The zero-order valence-corrected chi connectivity index (χ0v) is 10.5. The van der Waals surface area contributed by atoms with Crippen LogP contribution in [0.2, 0.25) is 0 Å². The standard InChI is InChI=1S/C14H15ClO2/c1-17-14(16)13(10-6-3-7-11-15)12-8-4-2-5-9-12/h2,4-6,8-9H,3,7,11H2,1H3. The highest BCUT2D eigenvalue weighted by Gasteiger charge is 2.10. The smallest absolute Gasteiger partial charge is 0.346 e. The second-order valence-corrected chi connectivity index (χ2v) is 3.79. The van der Waals surface area contributed by atoms with Crippen molar-refractivity contribution in [2.45, 2.75) is 12.8 Å². The fourth-order valence-corrected chi connectivity index (χ4v) is 1.47. The van der Waals surface area contributed by atoms with Crippen molar-refractivity contribution in [2.75, 3.05) is 13.0 Å². The Balaban J connectivity index is 2.97.